The van der Waals surface area contributed by atoms with Crippen molar-refractivity contribution in [2.24, 2.45) is 0 Å². The van der Waals surface area contributed by atoms with Crippen LogP contribution in [0.3, 0.4) is 0 Å². The van der Waals surface area contributed by atoms with E-state index in [1.807, 2.05) is 36.4 Å². The van der Waals surface area contributed by atoms with Crippen molar-refractivity contribution in [3.05, 3.63) is 161 Å². The first-order chi connectivity index (χ1) is 27.7. The minimum absolute atomic E-state index is 0.0205. The second-order valence-electron chi connectivity index (χ2n) is 14.0. The number of hydrogen-bond acceptors (Lipinski definition) is 7. The van der Waals surface area contributed by atoms with Gasteiger partial charge in [0, 0.05) is 59.2 Å². The van der Waals surface area contributed by atoms with Crippen molar-refractivity contribution in [3.8, 4) is 23.7 Å². The number of carbonyl (C=O) groups is 1. The Morgan fingerprint density at radius 3 is 1.36 bits per heavy atom. The molecule has 0 unspecified atom stereocenters. The third-order valence-electron chi connectivity index (χ3n) is 10.1. The first-order valence-corrected chi connectivity index (χ1v) is 20.0. The number of alkyl halides is 6. The average Bonchev–Trinajstić information content (AvgIpc) is 3.83. The average molecular weight is 823 g/mol. The minimum atomic E-state index is -5.15. The topological polar surface area (TPSA) is 49.3 Å². The number of ketones is 1. The fourth-order valence-electron chi connectivity index (χ4n) is 7.51. The van der Waals surface area contributed by atoms with Crippen molar-refractivity contribution in [3.63, 3.8) is 0 Å². The quantitative estimate of drug-likeness (QED) is 0.101. The number of aromatic nitrogens is 2. The summed E-state index contributed by atoms with van der Waals surface area (Å²) in [6.45, 7) is 4.08. The van der Waals surface area contributed by atoms with Gasteiger partial charge in [0.25, 0.3) is 0 Å². The van der Waals surface area contributed by atoms with Crippen LogP contribution in [-0.2, 0) is 38.3 Å². The predicted octanol–water partition coefficient (Wildman–Crippen LogP) is 10.4. The Balaban J connectivity index is 1.36. The van der Waals surface area contributed by atoms with Crippen LogP contribution in [0.1, 0.15) is 81.8 Å². The number of halogens is 6. The maximum absolute atomic E-state index is 15.6. The largest absolute Gasteiger partial charge is 0.419 e. The molecule has 0 atom stereocenters. The highest BCUT2D eigenvalue weighted by Gasteiger charge is 2.44. The maximum Gasteiger partial charge on any atom is 0.419 e. The Labute approximate surface area is 339 Å². The second kappa shape index (κ2) is 15.5. The Hall–Kier alpha value is -5.89. The maximum atomic E-state index is 15.6. The number of benzene rings is 4. The van der Waals surface area contributed by atoms with Gasteiger partial charge >= 0.3 is 12.4 Å². The summed E-state index contributed by atoms with van der Waals surface area (Å²) in [7, 11) is 0. The SMILES string of the molecule is Cc1nc(C#Cc2cc(C(=O)c3cc(C#Cc4csc(C)n4)cc(N4CCc5ccccc5C4)c3C(F)(F)F)c(C(F)(F)F)c(N3CCc4ccccc4C3)c2)cs1. The van der Waals surface area contributed by atoms with Crippen molar-refractivity contribution < 1.29 is 31.1 Å². The number of nitrogens with zero attached hydrogens (tertiary/aromatic N) is 4. The number of hydrogen-bond donors (Lipinski definition) is 0. The van der Waals surface area contributed by atoms with E-state index in [2.05, 4.69) is 33.6 Å². The first-order valence-electron chi connectivity index (χ1n) is 18.3. The van der Waals surface area contributed by atoms with Crippen LogP contribution < -0.4 is 9.80 Å². The van der Waals surface area contributed by atoms with Crippen LogP contribution in [-0.4, -0.2) is 28.8 Å². The van der Waals surface area contributed by atoms with Crippen LogP contribution in [0.25, 0.3) is 0 Å². The number of aryl methyl sites for hydroxylation is 2. The lowest BCUT2D eigenvalue weighted by molar-refractivity contribution is -0.137. The van der Waals surface area contributed by atoms with Gasteiger partial charge in [0.15, 0.2) is 5.78 Å². The summed E-state index contributed by atoms with van der Waals surface area (Å²) in [6.07, 6.45) is -9.45. The highest BCUT2D eigenvalue weighted by atomic mass is 32.1. The van der Waals surface area contributed by atoms with E-state index in [1.165, 1.54) is 44.6 Å². The predicted molar refractivity (Wildman–Crippen MR) is 214 cm³/mol. The van der Waals surface area contributed by atoms with Gasteiger partial charge in [-0.3, -0.25) is 4.79 Å². The van der Waals surface area contributed by atoms with Crippen molar-refractivity contribution in [2.45, 2.75) is 52.1 Å². The minimum Gasteiger partial charge on any atom is -0.366 e. The van der Waals surface area contributed by atoms with E-state index in [9.17, 15) is 4.79 Å². The van der Waals surface area contributed by atoms with Crippen molar-refractivity contribution >= 4 is 39.8 Å². The fraction of sp³-hybridized carbons (Fsp3) is 0.222. The van der Waals surface area contributed by atoms with Gasteiger partial charge in [0.1, 0.15) is 11.4 Å². The Bertz CT molecular complexity index is 2520. The zero-order chi connectivity index (χ0) is 40.8. The van der Waals surface area contributed by atoms with Gasteiger partial charge in [-0.25, -0.2) is 9.97 Å². The van der Waals surface area contributed by atoms with Crippen LogP contribution in [0.15, 0.2) is 83.6 Å². The van der Waals surface area contributed by atoms with Gasteiger partial charge in [-0.1, -0.05) is 60.4 Å². The third-order valence-corrected chi connectivity index (χ3v) is 11.7. The summed E-state index contributed by atoms with van der Waals surface area (Å²) >= 11 is 2.68. The van der Waals surface area contributed by atoms with Gasteiger partial charge in [-0.15, -0.1) is 22.7 Å². The highest BCUT2D eigenvalue weighted by molar-refractivity contribution is 7.09. The van der Waals surface area contributed by atoms with Crippen molar-refractivity contribution in [1.29, 1.82) is 0 Å². The number of fused-ring (bicyclic) bond motifs is 2. The summed E-state index contributed by atoms with van der Waals surface area (Å²) in [6, 6.07) is 19.2. The van der Waals surface area contributed by atoms with Crippen LogP contribution in [0, 0.1) is 37.5 Å². The van der Waals surface area contributed by atoms with E-state index in [-0.39, 0.29) is 48.7 Å². The van der Waals surface area contributed by atoms with Gasteiger partial charge in [-0.05, 0) is 85.0 Å². The normalized spacial score (nSPS) is 13.9. The van der Waals surface area contributed by atoms with Crippen LogP contribution in [0.5, 0.6) is 0 Å². The van der Waals surface area contributed by atoms with Gasteiger partial charge in [0.2, 0.25) is 0 Å². The molecule has 13 heteroatoms. The van der Waals surface area contributed by atoms with Gasteiger partial charge in [0.05, 0.1) is 32.5 Å². The van der Waals surface area contributed by atoms with Crippen LogP contribution in [0.2, 0.25) is 0 Å². The van der Waals surface area contributed by atoms with Gasteiger partial charge < -0.3 is 9.80 Å². The molecule has 0 N–H and O–H groups in total. The van der Waals surface area contributed by atoms with Crippen molar-refractivity contribution in [2.75, 3.05) is 22.9 Å². The lowest BCUT2D eigenvalue weighted by Crippen LogP contribution is -2.34. The van der Waals surface area contributed by atoms with Gasteiger partial charge in [-0.2, -0.15) is 26.3 Å². The summed E-state index contributed by atoms with van der Waals surface area (Å²) in [5.41, 5.74) is -0.883. The molecular weight excluding hydrogens is 791 g/mol. The molecule has 2 aromatic heterocycles. The molecule has 2 aliphatic heterocycles. The molecule has 6 aromatic rings. The molecule has 0 bridgehead atoms. The molecule has 292 valence electrons. The fourth-order valence-corrected chi connectivity index (χ4v) is 8.60. The van der Waals surface area contributed by atoms with Crippen LogP contribution >= 0.6 is 22.7 Å². The molecule has 0 saturated carbocycles. The lowest BCUT2D eigenvalue weighted by atomic mass is 9.88. The second-order valence-corrected chi connectivity index (χ2v) is 16.2. The van der Waals surface area contributed by atoms with E-state index in [0.717, 1.165) is 44.4 Å². The zero-order valence-corrected chi connectivity index (χ0v) is 32.7. The third kappa shape index (κ3) is 8.11. The van der Waals surface area contributed by atoms with E-state index in [1.54, 1.807) is 36.7 Å². The monoisotopic (exact) mass is 822 g/mol. The molecular formula is C45H32F6N4OS2. The molecule has 8 rings (SSSR count). The van der Waals surface area contributed by atoms with Crippen molar-refractivity contribution in [1.82, 2.24) is 9.97 Å². The highest BCUT2D eigenvalue weighted by Crippen LogP contribution is 2.46. The molecule has 0 fully saturated rings. The smallest absolute Gasteiger partial charge is 0.366 e. The summed E-state index contributed by atoms with van der Waals surface area (Å²) < 4.78 is 93.4. The number of thiazole rings is 2. The summed E-state index contributed by atoms with van der Waals surface area (Å²) in [5, 5.41) is 4.83. The number of anilines is 2. The number of rotatable bonds is 4. The molecule has 4 heterocycles. The summed E-state index contributed by atoms with van der Waals surface area (Å²) in [4.78, 5) is 26.6. The standard InChI is InChI=1S/C45H32F6N4OS2/c1-27-52-35(25-57-27)13-11-29-19-37(41(44(46,47)48)39(21-29)54-17-15-31-7-3-5-9-33(31)23-54)43(56)38-20-30(12-14-36-26-58-28(2)53-36)22-40(42(38)45(49,50)51)55-18-16-32-8-4-6-10-34(32)24-55/h3-10,19-22,25-26H,15-18,23-24H2,1-2H3. The van der Waals surface area contributed by atoms with Crippen LogP contribution in [0.4, 0.5) is 37.7 Å². The molecule has 4 aromatic carbocycles. The van der Waals surface area contributed by atoms with E-state index in [0.29, 0.717) is 24.2 Å². The molecule has 0 amide bonds. The molecule has 0 saturated heterocycles. The van der Waals surface area contributed by atoms with E-state index in [4.69, 9.17) is 0 Å². The van der Waals surface area contributed by atoms with E-state index < -0.39 is 40.4 Å². The molecule has 0 spiro atoms. The Morgan fingerprint density at radius 2 is 1.00 bits per heavy atom. The molecule has 5 nitrogen and oxygen atoms in total. The molecule has 58 heavy (non-hydrogen) atoms. The van der Waals surface area contributed by atoms with E-state index >= 15 is 26.3 Å². The first kappa shape index (κ1) is 39.0. The molecule has 2 aliphatic rings. The Morgan fingerprint density at radius 1 is 0.603 bits per heavy atom. The zero-order valence-electron chi connectivity index (χ0n) is 31.1. The number of carbonyl (C=O) groups excluding carboxylic acids is 1. The Kier molecular flexibility index (Phi) is 10.4. The molecule has 0 aliphatic carbocycles. The lowest BCUT2D eigenvalue weighted by Gasteiger charge is -2.34. The summed E-state index contributed by atoms with van der Waals surface area (Å²) in [5.74, 6) is 9.99. The molecule has 0 radical (unpaired) electrons.